The van der Waals surface area contributed by atoms with Crippen molar-refractivity contribution in [2.24, 2.45) is 0 Å². The van der Waals surface area contributed by atoms with Crippen LogP contribution in [0, 0.1) is 12.7 Å². The first kappa shape index (κ1) is 19.8. The van der Waals surface area contributed by atoms with Gasteiger partial charge in [0.15, 0.2) is 0 Å². The monoisotopic (exact) mass is 419 g/mol. The second kappa shape index (κ2) is 8.81. The molecule has 0 fully saturated rings. The first-order chi connectivity index (χ1) is 13.4. The van der Waals surface area contributed by atoms with E-state index in [1.165, 1.54) is 18.2 Å². The molecule has 144 valence electrons. The lowest BCUT2D eigenvalue weighted by Gasteiger charge is -2.07. The largest absolute Gasteiger partial charge is 0.486 e. The smallest absolute Gasteiger partial charge is 0.281 e. The highest BCUT2D eigenvalue weighted by molar-refractivity contribution is 7.13. The molecule has 1 heterocycles. The van der Waals surface area contributed by atoms with Gasteiger partial charge >= 0.3 is 0 Å². The third-order valence-corrected chi connectivity index (χ3v) is 5.01. The van der Waals surface area contributed by atoms with Crippen LogP contribution < -0.4 is 15.6 Å². The highest BCUT2D eigenvalue weighted by Crippen LogP contribution is 2.21. The predicted octanol–water partition coefficient (Wildman–Crippen LogP) is 3.90. The molecule has 0 aliphatic heterocycles. The van der Waals surface area contributed by atoms with Crippen LogP contribution in [0.25, 0.3) is 0 Å². The third kappa shape index (κ3) is 4.85. The van der Waals surface area contributed by atoms with E-state index in [1.807, 2.05) is 0 Å². The average molecular weight is 420 g/mol. The van der Waals surface area contributed by atoms with Gasteiger partial charge in [0.2, 0.25) is 0 Å². The van der Waals surface area contributed by atoms with E-state index in [1.54, 1.807) is 31.2 Å². The number of rotatable bonds is 5. The summed E-state index contributed by atoms with van der Waals surface area (Å²) in [6.45, 7) is 1.86. The Morgan fingerprint density at radius 2 is 1.79 bits per heavy atom. The summed E-state index contributed by atoms with van der Waals surface area (Å²) < 4.78 is 19.2. The summed E-state index contributed by atoms with van der Waals surface area (Å²) >= 11 is 6.97. The molecule has 2 amide bonds. The number of hydrazine groups is 1. The summed E-state index contributed by atoms with van der Waals surface area (Å²) in [5.41, 5.74) is 4.79. The summed E-state index contributed by atoms with van der Waals surface area (Å²) in [7, 11) is 0. The Morgan fingerprint density at radius 3 is 2.50 bits per heavy atom. The van der Waals surface area contributed by atoms with Crippen LogP contribution in [0.2, 0.25) is 5.02 Å². The second-order valence-corrected chi connectivity index (χ2v) is 7.17. The standard InChI is InChI=1S/C19H15ClFN3O3S/c1-11-17(19(26)24-23-18(25)14-4-2-3-5-15(14)21)28-16(22-11)10-27-13-8-6-12(20)7-9-13/h2-9H,10H2,1H3,(H,23,25)(H,24,26). The van der Waals surface area contributed by atoms with Crippen molar-refractivity contribution in [3.63, 3.8) is 0 Å². The molecule has 9 heteroatoms. The number of aryl methyl sites for hydroxylation is 1. The van der Waals surface area contributed by atoms with Crippen molar-refractivity contribution in [2.75, 3.05) is 0 Å². The highest BCUT2D eigenvalue weighted by atomic mass is 35.5. The molecule has 3 aromatic rings. The molecule has 0 unspecified atom stereocenters. The molecule has 0 bridgehead atoms. The number of benzene rings is 2. The lowest BCUT2D eigenvalue weighted by Crippen LogP contribution is -2.41. The van der Waals surface area contributed by atoms with E-state index in [0.29, 0.717) is 26.4 Å². The van der Waals surface area contributed by atoms with Gasteiger partial charge in [0.1, 0.15) is 28.1 Å². The summed E-state index contributed by atoms with van der Waals surface area (Å²) in [5.74, 6) is -1.34. The predicted molar refractivity (Wildman–Crippen MR) is 104 cm³/mol. The van der Waals surface area contributed by atoms with Gasteiger partial charge in [0.05, 0.1) is 11.3 Å². The fourth-order valence-corrected chi connectivity index (χ4v) is 3.28. The summed E-state index contributed by atoms with van der Waals surface area (Å²) in [6.07, 6.45) is 0. The van der Waals surface area contributed by atoms with E-state index < -0.39 is 17.6 Å². The molecular formula is C19H15ClFN3O3S. The number of carbonyl (C=O) groups is 2. The van der Waals surface area contributed by atoms with Gasteiger partial charge in [-0.05, 0) is 43.3 Å². The molecule has 1 aromatic heterocycles. The number of carbonyl (C=O) groups excluding carboxylic acids is 2. The lowest BCUT2D eigenvalue weighted by molar-refractivity contribution is 0.0846. The Kier molecular flexibility index (Phi) is 6.23. The zero-order chi connectivity index (χ0) is 20.1. The molecule has 0 spiro atoms. The number of ether oxygens (including phenoxy) is 1. The summed E-state index contributed by atoms with van der Waals surface area (Å²) in [4.78, 5) is 28.9. The Balaban J connectivity index is 1.59. The van der Waals surface area contributed by atoms with E-state index in [-0.39, 0.29) is 12.2 Å². The normalized spacial score (nSPS) is 10.4. The van der Waals surface area contributed by atoms with Gasteiger partial charge in [0, 0.05) is 5.02 Å². The molecule has 0 radical (unpaired) electrons. The number of hydrogen-bond acceptors (Lipinski definition) is 5. The lowest BCUT2D eigenvalue weighted by atomic mass is 10.2. The van der Waals surface area contributed by atoms with Crippen molar-refractivity contribution < 1.29 is 18.7 Å². The van der Waals surface area contributed by atoms with Crippen LogP contribution in [-0.2, 0) is 6.61 Å². The van der Waals surface area contributed by atoms with Crippen molar-refractivity contribution in [1.29, 1.82) is 0 Å². The van der Waals surface area contributed by atoms with Crippen LogP contribution in [0.3, 0.4) is 0 Å². The molecule has 2 N–H and O–H groups in total. The topological polar surface area (TPSA) is 80.3 Å². The molecule has 28 heavy (non-hydrogen) atoms. The second-order valence-electron chi connectivity index (χ2n) is 5.65. The minimum atomic E-state index is -0.750. The molecular weight excluding hydrogens is 405 g/mol. The van der Waals surface area contributed by atoms with Crippen LogP contribution in [0.15, 0.2) is 48.5 Å². The van der Waals surface area contributed by atoms with E-state index in [9.17, 15) is 14.0 Å². The average Bonchev–Trinajstić information content (AvgIpc) is 3.06. The Bertz CT molecular complexity index is 1010. The van der Waals surface area contributed by atoms with Crippen LogP contribution in [-0.4, -0.2) is 16.8 Å². The van der Waals surface area contributed by atoms with E-state index in [2.05, 4.69) is 15.8 Å². The molecule has 0 aliphatic rings. The molecule has 2 aromatic carbocycles. The van der Waals surface area contributed by atoms with E-state index in [0.717, 1.165) is 17.4 Å². The summed E-state index contributed by atoms with van der Waals surface area (Å²) in [5, 5.41) is 1.20. The summed E-state index contributed by atoms with van der Waals surface area (Å²) in [6, 6.07) is 12.4. The van der Waals surface area contributed by atoms with Gasteiger partial charge < -0.3 is 4.74 Å². The van der Waals surface area contributed by atoms with Crippen molar-refractivity contribution in [1.82, 2.24) is 15.8 Å². The molecule has 0 saturated carbocycles. The number of nitrogens with zero attached hydrogens (tertiary/aromatic N) is 1. The SMILES string of the molecule is Cc1nc(COc2ccc(Cl)cc2)sc1C(=O)NNC(=O)c1ccccc1F. The van der Waals surface area contributed by atoms with Gasteiger partial charge in [0.25, 0.3) is 11.8 Å². The number of nitrogens with one attached hydrogen (secondary N) is 2. The molecule has 0 aliphatic carbocycles. The van der Waals surface area contributed by atoms with Crippen molar-refractivity contribution in [2.45, 2.75) is 13.5 Å². The van der Waals surface area contributed by atoms with Crippen molar-refractivity contribution in [3.05, 3.63) is 80.5 Å². The van der Waals surface area contributed by atoms with Gasteiger partial charge in [-0.15, -0.1) is 11.3 Å². The fourth-order valence-electron chi connectivity index (χ4n) is 2.28. The van der Waals surface area contributed by atoms with Crippen LogP contribution in [0.5, 0.6) is 5.75 Å². The number of thiazole rings is 1. The first-order valence-electron chi connectivity index (χ1n) is 8.14. The Morgan fingerprint density at radius 1 is 1.11 bits per heavy atom. The third-order valence-electron chi connectivity index (χ3n) is 3.63. The molecule has 0 atom stereocenters. The minimum Gasteiger partial charge on any atom is -0.486 e. The highest BCUT2D eigenvalue weighted by Gasteiger charge is 2.17. The maximum absolute atomic E-state index is 13.6. The Hall–Kier alpha value is -2.97. The quantitative estimate of drug-likeness (QED) is 0.615. The van der Waals surface area contributed by atoms with E-state index >= 15 is 0 Å². The van der Waals surface area contributed by atoms with Crippen molar-refractivity contribution in [3.8, 4) is 5.75 Å². The van der Waals surface area contributed by atoms with Crippen molar-refractivity contribution >= 4 is 34.8 Å². The van der Waals surface area contributed by atoms with Gasteiger partial charge in [-0.1, -0.05) is 23.7 Å². The van der Waals surface area contributed by atoms with Gasteiger partial charge in [-0.2, -0.15) is 0 Å². The maximum Gasteiger partial charge on any atom is 0.281 e. The van der Waals surface area contributed by atoms with Crippen LogP contribution in [0.1, 0.15) is 30.7 Å². The first-order valence-corrected chi connectivity index (χ1v) is 9.33. The number of aromatic nitrogens is 1. The molecule has 6 nitrogen and oxygen atoms in total. The Labute approximate surface area is 169 Å². The zero-order valence-corrected chi connectivity index (χ0v) is 16.2. The van der Waals surface area contributed by atoms with Gasteiger partial charge in [-0.25, -0.2) is 9.37 Å². The van der Waals surface area contributed by atoms with Crippen LogP contribution in [0.4, 0.5) is 4.39 Å². The maximum atomic E-state index is 13.6. The molecule has 0 saturated heterocycles. The van der Waals surface area contributed by atoms with Crippen LogP contribution >= 0.6 is 22.9 Å². The minimum absolute atomic E-state index is 0.166. The molecule has 3 rings (SSSR count). The van der Waals surface area contributed by atoms with Gasteiger partial charge in [-0.3, -0.25) is 20.4 Å². The number of halogens is 2. The fraction of sp³-hybridized carbons (Fsp3) is 0.105. The zero-order valence-electron chi connectivity index (χ0n) is 14.7. The van der Waals surface area contributed by atoms with E-state index in [4.69, 9.17) is 16.3 Å². The number of amides is 2. The number of hydrogen-bond donors (Lipinski definition) is 2.